The predicted octanol–water partition coefficient (Wildman–Crippen LogP) is 4.54. The van der Waals surface area contributed by atoms with Gasteiger partial charge < -0.3 is 9.72 Å². The van der Waals surface area contributed by atoms with Crippen LogP contribution in [0.1, 0.15) is 45.5 Å². The Kier molecular flexibility index (Phi) is 4.08. The lowest BCUT2D eigenvalue weighted by atomic mass is 10.2. The summed E-state index contributed by atoms with van der Waals surface area (Å²) in [7, 11) is 0. The van der Waals surface area contributed by atoms with E-state index in [4.69, 9.17) is 4.74 Å². The number of benzene rings is 1. The Bertz CT molecular complexity index is 754. The number of halogens is 2. The van der Waals surface area contributed by atoms with Crippen LogP contribution in [0.25, 0.3) is 11.0 Å². The molecule has 0 unspecified atom stereocenters. The van der Waals surface area contributed by atoms with Gasteiger partial charge in [0.1, 0.15) is 22.8 Å². The van der Waals surface area contributed by atoms with Crippen molar-refractivity contribution in [3.05, 3.63) is 28.2 Å². The summed E-state index contributed by atoms with van der Waals surface area (Å²) in [5, 5.41) is 0. The van der Waals surface area contributed by atoms with Crippen LogP contribution >= 0.6 is 15.9 Å². The molecule has 1 fully saturated rings. The second-order valence-corrected chi connectivity index (χ2v) is 7.65. The zero-order valence-electron chi connectivity index (χ0n) is 13.3. The Morgan fingerprint density at radius 2 is 2.22 bits per heavy atom. The van der Waals surface area contributed by atoms with E-state index in [1.54, 1.807) is 11.0 Å². The van der Waals surface area contributed by atoms with Gasteiger partial charge >= 0.3 is 6.09 Å². The fourth-order valence-corrected chi connectivity index (χ4v) is 3.22. The number of nitrogens with zero attached hydrogens (tertiary/aromatic N) is 2. The van der Waals surface area contributed by atoms with E-state index in [2.05, 4.69) is 25.9 Å². The van der Waals surface area contributed by atoms with Gasteiger partial charge in [-0.2, -0.15) is 0 Å². The molecule has 124 valence electrons. The summed E-state index contributed by atoms with van der Waals surface area (Å²) in [6, 6.07) is 2.94. The normalized spacial score (nSPS) is 18.7. The van der Waals surface area contributed by atoms with E-state index in [-0.39, 0.29) is 18.0 Å². The van der Waals surface area contributed by atoms with E-state index in [0.29, 0.717) is 27.9 Å². The topological polar surface area (TPSA) is 58.2 Å². The molecular weight excluding hydrogens is 365 g/mol. The number of aromatic nitrogens is 2. The molecule has 1 aromatic carbocycles. The zero-order chi connectivity index (χ0) is 16.8. The highest BCUT2D eigenvalue weighted by atomic mass is 79.9. The molecule has 0 bridgehead atoms. The van der Waals surface area contributed by atoms with E-state index >= 15 is 0 Å². The van der Waals surface area contributed by atoms with Gasteiger partial charge in [0, 0.05) is 11.0 Å². The number of aromatic amines is 1. The number of carbonyl (C=O) groups is 1. The van der Waals surface area contributed by atoms with Crippen LogP contribution in [-0.2, 0) is 4.74 Å². The summed E-state index contributed by atoms with van der Waals surface area (Å²) < 4.78 is 20.1. The van der Waals surface area contributed by atoms with Gasteiger partial charge in [-0.15, -0.1) is 0 Å². The van der Waals surface area contributed by atoms with Crippen LogP contribution in [0, 0.1) is 5.82 Å². The molecule has 2 aromatic rings. The maximum Gasteiger partial charge on any atom is 0.410 e. The van der Waals surface area contributed by atoms with Gasteiger partial charge in [-0.05, 0) is 45.7 Å². The number of amides is 1. The van der Waals surface area contributed by atoms with Crippen molar-refractivity contribution in [2.75, 3.05) is 6.54 Å². The van der Waals surface area contributed by atoms with E-state index in [9.17, 15) is 9.18 Å². The summed E-state index contributed by atoms with van der Waals surface area (Å²) in [6.45, 7) is 6.13. The third-order valence-electron chi connectivity index (χ3n) is 3.72. The average Bonchev–Trinajstić information content (AvgIpc) is 3.00. The number of carbonyl (C=O) groups excluding carboxylic acids is 1. The predicted molar refractivity (Wildman–Crippen MR) is 88.7 cm³/mol. The van der Waals surface area contributed by atoms with Crippen LogP contribution in [-0.4, -0.2) is 33.1 Å². The molecule has 1 aromatic heterocycles. The fraction of sp³-hybridized carbons (Fsp3) is 0.500. The Morgan fingerprint density at radius 3 is 2.91 bits per heavy atom. The van der Waals surface area contributed by atoms with Crippen molar-refractivity contribution in [1.82, 2.24) is 14.9 Å². The molecule has 23 heavy (non-hydrogen) atoms. The minimum Gasteiger partial charge on any atom is -0.444 e. The van der Waals surface area contributed by atoms with Gasteiger partial charge in [-0.3, -0.25) is 4.90 Å². The zero-order valence-corrected chi connectivity index (χ0v) is 14.9. The number of hydrogen-bond donors (Lipinski definition) is 1. The van der Waals surface area contributed by atoms with Gasteiger partial charge in [-0.25, -0.2) is 14.2 Å². The average molecular weight is 384 g/mol. The monoisotopic (exact) mass is 383 g/mol. The van der Waals surface area contributed by atoms with E-state index in [1.165, 1.54) is 6.07 Å². The molecule has 7 heteroatoms. The van der Waals surface area contributed by atoms with Crippen molar-refractivity contribution in [2.45, 2.75) is 45.3 Å². The van der Waals surface area contributed by atoms with Crippen molar-refractivity contribution in [3.63, 3.8) is 0 Å². The molecule has 0 saturated carbocycles. The van der Waals surface area contributed by atoms with Crippen LogP contribution < -0.4 is 0 Å². The van der Waals surface area contributed by atoms with Gasteiger partial charge in [-0.1, -0.05) is 15.9 Å². The first kappa shape index (κ1) is 16.2. The SMILES string of the molecule is CC(C)(C)OC(=O)N1CCC[C@H]1c1nc2cc(Br)cc(F)c2[nH]1. The molecule has 1 aliphatic heterocycles. The molecule has 3 rings (SSSR count). The number of nitrogens with one attached hydrogen (secondary N) is 1. The molecule has 2 heterocycles. The number of likely N-dealkylation sites (tertiary alicyclic amines) is 1. The number of fused-ring (bicyclic) bond motifs is 1. The molecule has 1 saturated heterocycles. The molecule has 1 aliphatic rings. The van der Waals surface area contributed by atoms with Crippen LogP contribution in [0.15, 0.2) is 16.6 Å². The number of hydrogen-bond acceptors (Lipinski definition) is 3. The molecule has 0 radical (unpaired) electrons. The van der Waals surface area contributed by atoms with Gasteiger partial charge in [0.2, 0.25) is 0 Å². The fourth-order valence-electron chi connectivity index (χ4n) is 2.81. The largest absolute Gasteiger partial charge is 0.444 e. The summed E-state index contributed by atoms with van der Waals surface area (Å²) in [5.41, 5.74) is 0.358. The first-order valence-electron chi connectivity index (χ1n) is 7.59. The van der Waals surface area contributed by atoms with E-state index < -0.39 is 5.60 Å². The number of H-pyrrole nitrogens is 1. The lowest BCUT2D eigenvalue weighted by Gasteiger charge is -2.27. The first-order valence-corrected chi connectivity index (χ1v) is 8.38. The Hall–Kier alpha value is -1.63. The molecule has 1 amide bonds. The van der Waals surface area contributed by atoms with Crippen molar-refractivity contribution in [1.29, 1.82) is 0 Å². The second kappa shape index (κ2) is 5.78. The number of ether oxygens (including phenoxy) is 1. The maximum absolute atomic E-state index is 14.0. The Balaban J connectivity index is 1.91. The van der Waals surface area contributed by atoms with E-state index in [0.717, 1.165) is 12.8 Å². The summed E-state index contributed by atoms with van der Waals surface area (Å²) in [4.78, 5) is 21.5. The molecule has 1 atom stereocenters. The van der Waals surface area contributed by atoms with Gasteiger partial charge in [0.05, 0.1) is 11.6 Å². The minimum absolute atomic E-state index is 0.213. The van der Waals surface area contributed by atoms with Crippen LogP contribution in [0.3, 0.4) is 0 Å². The highest BCUT2D eigenvalue weighted by molar-refractivity contribution is 9.10. The lowest BCUT2D eigenvalue weighted by Crippen LogP contribution is -2.36. The van der Waals surface area contributed by atoms with Crippen molar-refractivity contribution < 1.29 is 13.9 Å². The van der Waals surface area contributed by atoms with Gasteiger partial charge in [0.25, 0.3) is 0 Å². The van der Waals surface area contributed by atoms with Crippen molar-refractivity contribution in [2.24, 2.45) is 0 Å². The molecule has 5 nitrogen and oxygen atoms in total. The number of imidazole rings is 1. The third-order valence-corrected chi connectivity index (χ3v) is 4.18. The molecular formula is C16H19BrFN3O2. The molecule has 0 aliphatic carbocycles. The summed E-state index contributed by atoms with van der Waals surface area (Å²) >= 11 is 3.27. The third kappa shape index (κ3) is 3.34. The van der Waals surface area contributed by atoms with Gasteiger partial charge in [0.15, 0.2) is 0 Å². The highest BCUT2D eigenvalue weighted by Crippen LogP contribution is 2.33. The smallest absolute Gasteiger partial charge is 0.410 e. The maximum atomic E-state index is 14.0. The van der Waals surface area contributed by atoms with Crippen LogP contribution in [0.2, 0.25) is 0 Å². The Morgan fingerprint density at radius 1 is 1.48 bits per heavy atom. The standard InChI is InChI=1S/C16H19BrFN3O2/c1-16(2,3)23-15(22)21-6-4-5-12(21)14-19-11-8-9(17)7-10(18)13(11)20-14/h7-8,12H,4-6H2,1-3H3,(H,19,20)/t12-/m0/s1. The summed E-state index contributed by atoms with van der Waals surface area (Å²) in [5.74, 6) is 0.232. The van der Waals surface area contributed by atoms with Crippen LogP contribution in [0.5, 0.6) is 0 Å². The Labute approximate surface area is 142 Å². The van der Waals surface area contributed by atoms with Crippen molar-refractivity contribution >= 4 is 33.1 Å². The quantitative estimate of drug-likeness (QED) is 0.786. The first-order chi connectivity index (χ1) is 10.7. The highest BCUT2D eigenvalue weighted by Gasteiger charge is 2.35. The number of rotatable bonds is 1. The van der Waals surface area contributed by atoms with Crippen LogP contribution in [0.4, 0.5) is 9.18 Å². The lowest BCUT2D eigenvalue weighted by molar-refractivity contribution is 0.0219. The second-order valence-electron chi connectivity index (χ2n) is 6.74. The minimum atomic E-state index is -0.547. The molecule has 0 spiro atoms. The van der Waals surface area contributed by atoms with E-state index in [1.807, 2.05) is 20.8 Å². The summed E-state index contributed by atoms with van der Waals surface area (Å²) in [6.07, 6.45) is 1.29. The van der Waals surface area contributed by atoms with Crippen molar-refractivity contribution in [3.8, 4) is 0 Å². The molecule has 1 N–H and O–H groups in total.